The summed E-state index contributed by atoms with van der Waals surface area (Å²) in [6, 6.07) is 17.3. The van der Waals surface area contributed by atoms with E-state index in [2.05, 4.69) is 79.1 Å². The van der Waals surface area contributed by atoms with E-state index in [-0.39, 0.29) is 0 Å². The lowest BCUT2D eigenvalue weighted by Crippen LogP contribution is -2.38. The molecule has 98 valence electrons. The zero-order chi connectivity index (χ0) is 13.4. The van der Waals surface area contributed by atoms with E-state index in [1.807, 2.05) is 0 Å². The van der Waals surface area contributed by atoms with Crippen molar-refractivity contribution in [2.45, 2.75) is 26.9 Å². The normalized spacial score (nSPS) is 17.7. The van der Waals surface area contributed by atoms with Crippen LogP contribution in [0.5, 0.6) is 0 Å². The molecule has 1 heterocycles. The highest BCUT2D eigenvalue weighted by molar-refractivity contribution is 5.84. The SMILES string of the molecule is CCN1c2ccccc2N(c2ccccc2C)[C@@H]1C. The van der Waals surface area contributed by atoms with Crippen LogP contribution in [0.3, 0.4) is 0 Å². The summed E-state index contributed by atoms with van der Waals surface area (Å²) in [5.74, 6) is 0. The molecule has 0 fully saturated rings. The molecule has 1 aliphatic rings. The predicted octanol–water partition coefficient (Wildman–Crippen LogP) is 4.32. The van der Waals surface area contributed by atoms with Crippen LogP contribution in [0.2, 0.25) is 0 Å². The highest BCUT2D eigenvalue weighted by Crippen LogP contribution is 2.44. The lowest BCUT2D eigenvalue weighted by molar-refractivity contribution is 0.691. The topological polar surface area (TPSA) is 6.48 Å². The van der Waals surface area contributed by atoms with Crippen LogP contribution in [0.4, 0.5) is 17.1 Å². The molecule has 19 heavy (non-hydrogen) atoms. The first-order chi connectivity index (χ1) is 9.24. The van der Waals surface area contributed by atoms with E-state index in [1.165, 1.54) is 22.6 Å². The first-order valence-electron chi connectivity index (χ1n) is 6.94. The van der Waals surface area contributed by atoms with Crippen LogP contribution in [0.1, 0.15) is 19.4 Å². The number of anilines is 3. The molecule has 0 aliphatic carbocycles. The molecular formula is C17H20N2. The van der Waals surface area contributed by atoms with Crippen molar-refractivity contribution in [1.29, 1.82) is 0 Å². The Bertz CT molecular complexity index is 591. The van der Waals surface area contributed by atoms with Crippen LogP contribution in [-0.2, 0) is 0 Å². The van der Waals surface area contributed by atoms with E-state index < -0.39 is 0 Å². The van der Waals surface area contributed by atoms with Gasteiger partial charge in [0, 0.05) is 12.2 Å². The molecule has 0 amide bonds. The highest BCUT2D eigenvalue weighted by atomic mass is 15.4. The fraction of sp³-hybridized carbons (Fsp3) is 0.294. The Balaban J connectivity index is 2.15. The number of hydrogen-bond donors (Lipinski definition) is 0. The summed E-state index contributed by atoms with van der Waals surface area (Å²) in [6.07, 6.45) is 0.364. The van der Waals surface area contributed by atoms with Gasteiger partial charge in [0.25, 0.3) is 0 Å². The minimum Gasteiger partial charge on any atom is -0.350 e. The lowest BCUT2D eigenvalue weighted by Gasteiger charge is -2.30. The molecule has 0 unspecified atom stereocenters. The van der Waals surface area contributed by atoms with Crippen molar-refractivity contribution >= 4 is 17.1 Å². The Hall–Kier alpha value is -1.96. The predicted molar refractivity (Wildman–Crippen MR) is 82.2 cm³/mol. The first kappa shape index (κ1) is 12.1. The van der Waals surface area contributed by atoms with Crippen molar-refractivity contribution in [2.75, 3.05) is 16.3 Å². The highest BCUT2D eigenvalue weighted by Gasteiger charge is 2.32. The van der Waals surface area contributed by atoms with Crippen molar-refractivity contribution in [3.05, 3.63) is 54.1 Å². The van der Waals surface area contributed by atoms with Gasteiger partial charge in [-0.3, -0.25) is 0 Å². The second-order valence-corrected chi connectivity index (χ2v) is 5.06. The molecule has 2 aromatic carbocycles. The number of aryl methyl sites for hydroxylation is 1. The molecule has 1 aliphatic heterocycles. The van der Waals surface area contributed by atoms with Gasteiger partial charge in [-0.25, -0.2) is 0 Å². The summed E-state index contributed by atoms with van der Waals surface area (Å²) in [5, 5.41) is 0. The summed E-state index contributed by atoms with van der Waals surface area (Å²) < 4.78 is 0. The molecule has 0 N–H and O–H groups in total. The maximum absolute atomic E-state index is 2.45. The third-order valence-electron chi connectivity index (χ3n) is 3.99. The molecule has 2 aromatic rings. The molecule has 0 saturated heterocycles. The molecule has 2 nitrogen and oxygen atoms in total. The molecule has 0 saturated carbocycles. The van der Waals surface area contributed by atoms with Gasteiger partial charge in [-0.2, -0.15) is 0 Å². The lowest BCUT2D eigenvalue weighted by atomic mass is 10.1. The standard InChI is InChI=1S/C17H20N2/c1-4-18-14(3)19(15-10-6-5-9-13(15)2)17-12-8-7-11-16(17)18/h5-12,14H,4H2,1-3H3/t14-/m1/s1. The van der Waals surface area contributed by atoms with E-state index in [0.717, 1.165) is 6.54 Å². The van der Waals surface area contributed by atoms with E-state index in [1.54, 1.807) is 0 Å². The average molecular weight is 252 g/mol. The van der Waals surface area contributed by atoms with E-state index in [0.29, 0.717) is 6.17 Å². The Morgan fingerprint density at radius 1 is 0.895 bits per heavy atom. The molecule has 0 spiro atoms. The van der Waals surface area contributed by atoms with Crippen LogP contribution < -0.4 is 9.80 Å². The fourth-order valence-electron chi connectivity index (χ4n) is 3.05. The van der Waals surface area contributed by atoms with E-state index >= 15 is 0 Å². The molecule has 0 radical (unpaired) electrons. The summed E-state index contributed by atoms with van der Waals surface area (Å²) in [6.45, 7) is 7.70. The Morgan fingerprint density at radius 3 is 2.11 bits per heavy atom. The number of para-hydroxylation sites is 3. The van der Waals surface area contributed by atoms with Gasteiger partial charge in [0.2, 0.25) is 0 Å². The second kappa shape index (κ2) is 4.61. The number of hydrogen-bond acceptors (Lipinski definition) is 2. The van der Waals surface area contributed by atoms with Crippen molar-refractivity contribution in [3.63, 3.8) is 0 Å². The van der Waals surface area contributed by atoms with Crippen molar-refractivity contribution in [1.82, 2.24) is 0 Å². The smallest absolute Gasteiger partial charge is 0.104 e. The largest absolute Gasteiger partial charge is 0.350 e. The minimum atomic E-state index is 0.364. The fourth-order valence-corrected chi connectivity index (χ4v) is 3.05. The van der Waals surface area contributed by atoms with Crippen molar-refractivity contribution in [2.24, 2.45) is 0 Å². The van der Waals surface area contributed by atoms with Crippen LogP contribution in [0.15, 0.2) is 48.5 Å². The minimum absolute atomic E-state index is 0.364. The molecule has 3 rings (SSSR count). The van der Waals surface area contributed by atoms with Crippen molar-refractivity contribution in [3.8, 4) is 0 Å². The number of fused-ring (bicyclic) bond motifs is 1. The van der Waals surface area contributed by atoms with Gasteiger partial charge in [-0.15, -0.1) is 0 Å². The van der Waals surface area contributed by atoms with Crippen LogP contribution in [0, 0.1) is 6.92 Å². The van der Waals surface area contributed by atoms with E-state index in [9.17, 15) is 0 Å². The van der Waals surface area contributed by atoms with Gasteiger partial charge in [0.15, 0.2) is 0 Å². The van der Waals surface area contributed by atoms with Crippen LogP contribution in [-0.4, -0.2) is 12.7 Å². The van der Waals surface area contributed by atoms with Crippen molar-refractivity contribution < 1.29 is 0 Å². The van der Waals surface area contributed by atoms with Crippen LogP contribution >= 0.6 is 0 Å². The zero-order valence-corrected chi connectivity index (χ0v) is 11.8. The van der Waals surface area contributed by atoms with Crippen LogP contribution in [0.25, 0.3) is 0 Å². The third kappa shape index (κ3) is 1.79. The average Bonchev–Trinajstić information content (AvgIpc) is 2.71. The van der Waals surface area contributed by atoms with Gasteiger partial charge in [0.05, 0.1) is 11.4 Å². The third-order valence-corrected chi connectivity index (χ3v) is 3.99. The maximum Gasteiger partial charge on any atom is 0.104 e. The Labute approximate surface area is 115 Å². The monoisotopic (exact) mass is 252 g/mol. The molecule has 0 aromatic heterocycles. The summed E-state index contributed by atoms with van der Waals surface area (Å²) in [4.78, 5) is 4.88. The van der Waals surface area contributed by atoms with Gasteiger partial charge in [-0.1, -0.05) is 30.3 Å². The quantitative estimate of drug-likeness (QED) is 0.785. The van der Waals surface area contributed by atoms with Gasteiger partial charge in [-0.05, 0) is 44.5 Å². The summed E-state index contributed by atoms with van der Waals surface area (Å²) >= 11 is 0. The zero-order valence-electron chi connectivity index (χ0n) is 11.8. The number of benzene rings is 2. The Kier molecular flexibility index (Phi) is 2.94. The molecular weight excluding hydrogens is 232 g/mol. The van der Waals surface area contributed by atoms with Gasteiger partial charge in [0.1, 0.15) is 6.17 Å². The van der Waals surface area contributed by atoms with Gasteiger partial charge < -0.3 is 9.80 Å². The molecule has 1 atom stereocenters. The summed E-state index contributed by atoms with van der Waals surface area (Å²) in [5.41, 5.74) is 5.27. The second-order valence-electron chi connectivity index (χ2n) is 5.06. The maximum atomic E-state index is 2.45. The number of nitrogens with zero attached hydrogens (tertiary/aromatic N) is 2. The van der Waals surface area contributed by atoms with Gasteiger partial charge >= 0.3 is 0 Å². The first-order valence-corrected chi connectivity index (χ1v) is 6.94. The molecule has 2 heteroatoms. The van der Waals surface area contributed by atoms with E-state index in [4.69, 9.17) is 0 Å². The number of rotatable bonds is 2. The summed E-state index contributed by atoms with van der Waals surface area (Å²) in [7, 11) is 0. The Morgan fingerprint density at radius 2 is 1.47 bits per heavy atom. The molecule has 0 bridgehead atoms.